The fraction of sp³-hybridized carbons (Fsp3) is 0.444. The highest BCUT2D eigenvalue weighted by Gasteiger charge is 2.23. The van der Waals surface area contributed by atoms with Crippen molar-refractivity contribution in [3.8, 4) is 10.6 Å². The lowest BCUT2D eigenvalue weighted by Crippen LogP contribution is -2.43. The van der Waals surface area contributed by atoms with E-state index in [1.165, 1.54) is 17.4 Å². The van der Waals surface area contributed by atoms with Crippen molar-refractivity contribution in [2.45, 2.75) is 25.9 Å². The van der Waals surface area contributed by atoms with Gasteiger partial charge in [-0.05, 0) is 19.1 Å². The van der Waals surface area contributed by atoms with Crippen LogP contribution in [0.3, 0.4) is 0 Å². The predicted octanol–water partition coefficient (Wildman–Crippen LogP) is 2.46. The fourth-order valence-corrected chi connectivity index (χ4v) is 4.13. The average molecular weight is 363 g/mol. The van der Waals surface area contributed by atoms with Crippen LogP contribution in [0.2, 0.25) is 0 Å². The number of hydrogen-bond acceptors (Lipinski definition) is 5. The van der Waals surface area contributed by atoms with E-state index in [0.29, 0.717) is 30.3 Å². The van der Waals surface area contributed by atoms with E-state index in [4.69, 9.17) is 4.74 Å². The first kappa shape index (κ1) is 18.0. The van der Waals surface area contributed by atoms with Crippen LogP contribution in [0.15, 0.2) is 24.3 Å². The number of carbonyl (C=O) groups is 1. The van der Waals surface area contributed by atoms with Crippen LogP contribution in [0.4, 0.5) is 4.39 Å². The zero-order valence-electron chi connectivity index (χ0n) is 14.4. The Labute approximate surface area is 150 Å². The molecule has 134 valence electrons. The second-order valence-corrected chi connectivity index (χ2v) is 7.34. The van der Waals surface area contributed by atoms with Gasteiger partial charge < -0.3 is 10.1 Å². The van der Waals surface area contributed by atoms with Crippen molar-refractivity contribution in [3.05, 3.63) is 40.7 Å². The lowest BCUT2D eigenvalue weighted by molar-refractivity contribution is -0.123. The molecule has 25 heavy (non-hydrogen) atoms. The molecule has 2 aromatic rings. The topological polar surface area (TPSA) is 54.5 Å². The summed E-state index contributed by atoms with van der Waals surface area (Å²) in [4.78, 5) is 19.9. The highest BCUT2D eigenvalue weighted by Crippen LogP contribution is 2.32. The summed E-state index contributed by atoms with van der Waals surface area (Å²) in [7, 11) is 1.62. The molecule has 1 amide bonds. The third-order valence-electron chi connectivity index (χ3n) is 4.11. The number of benzene rings is 1. The molecule has 1 aromatic heterocycles. The summed E-state index contributed by atoms with van der Waals surface area (Å²) in [5.41, 5.74) is 1.56. The molecule has 0 unspecified atom stereocenters. The number of nitrogens with one attached hydrogen (secondary N) is 1. The zero-order valence-corrected chi connectivity index (χ0v) is 15.2. The second-order valence-electron chi connectivity index (χ2n) is 6.25. The quantitative estimate of drug-likeness (QED) is 0.857. The average Bonchev–Trinajstić information content (AvgIpc) is 2.98. The Bertz CT molecular complexity index is 750. The molecule has 2 heterocycles. The third-order valence-corrected chi connectivity index (χ3v) is 5.22. The first-order valence-corrected chi connectivity index (χ1v) is 9.12. The Morgan fingerprint density at radius 2 is 2.28 bits per heavy atom. The summed E-state index contributed by atoms with van der Waals surface area (Å²) in [6, 6.07) is 6.69. The molecule has 3 rings (SSSR count). The second kappa shape index (κ2) is 8.03. The minimum atomic E-state index is -0.253. The van der Waals surface area contributed by atoms with Crippen molar-refractivity contribution >= 4 is 17.2 Å². The summed E-state index contributed by atoms with van der Waals surface area (Å²) < 4.78 is 19.0. The molecule has 5 nitrogen and oxygen atoms in total. The summed E-state index contributed by atoms with van der Waals surface area (Å²) in [6.07, 6.45) is 0.779. The maximum atomic E-state index is 14.0. The van der Waals surface area contributed by atoms with Crippen molar-refractivity contribution in [2.75, 3.05) is 26.8 Å². The van der Waals surface area contributed by atoms with Gasteiger partial charge in [0.15, 0.2) is 0 Å². The summed E-state index contributed by atoms with van der Waals surface area (Å²) in [5.74, 6) is -0.260. The normalized spacial score (nSPS) is 15.6. The molecule has 1 aliphatic heterocycles. The van der Waals surface area contributed by atoms with Crippen LogP contribution in [0, 0.1) is 5.82 Å². The Morgan fingerprint density at radius 3 is 3.04 bits per heavy atom. The van der Waals surface area contributed by atoms with Gasteiger partial charge in [-0.2, -0.15) is 0 Å². The van der Waals surface area contributed by atoms with Crippen LogP contribution in [0.5, 0.6) is 0 Å². The number of rotatable bonds is 6. The van der Waals surface area contributed by atoms with Crippen LogP contribution in [0.1, 0.15) is 17.5 Å². The summed E-state index contributed by atoms with van der Waals surface area (Å²) in [5, 5.41) is 3.63. The van der Waals surface area contributed by atoms with E-state index in [-0.39, 0.29) is 17.8 Å². The van der Waals surface area contributed by atoms with E-state index in [2.05, 4.69) is 15.2 Å². The van der Waals surface area contributed by atoms with Gasteiger partial charge in [-0.3, -0.25) is 9.69 Å². The van der Waals surface area contributed by atoms with E-state index in [0.717, 1.165) is 23.5 Å². The lowest BCUT2D eigenvalue weighted by atomic mass is 10.1. The van der Waals surface area contributed by atoms with Crippen LogP contribution < -0.4 is 5.32 Å². The number of halogens is 1. The van der Waals surface area contributed by atoms with Crippen LogP contribution >= 0.6 is 11.3 Å². The highest BCUT2D eigenvalue weighted by atomic mass is 32.1. The van der Waals surface area contributed by atoms with E-state index >= 15 is 0 Å². The third kappa shape index (κ3) is 4.42. The number of carbonyl (C=O) groups excluding carboxylic acids is 1. The van der Waals surface area contributed by atoms with Gasteiger partial charge in [0, 0.05) is 43.1 Å². The van der Waals surface area contributed by atoms with Crippen molar-refractivity contribution in [1.29, 1.82) is 0 Å². The van der Waals surface area contributed by atoms with Crippen LogP contribution in [-0.4, -0.2) is 48.6 Å². The Kier molecular flexibility index (Phi) is 5.78. The molecule has 0 saturated heterocycles. The molecular weight excluding hydrogens is 341 g/mol. The molecule has 1 aromatic carbocycles. The van der Waals surface area contributed by atoms with Crippen molar-refractivity contribution in [1.82, 2.24) is 15.2 Å². The molecule has 0 aliphatic carbocycles. The first-order chi connectivity index (χ1) is 12.1. The molecule has 1 aliphatic rings. The molecular formula is C18H22FN3O2S. The lowest BCUT2D eigenvalue weighted by Gasteiger charge is -2.25. The van der Waals surface area contributed by atoms with E-state index < -0.39 is 0 Å². The van der Waals surface area contributed by atoms with Crippen LogP contribution in [0.25, 0.3) is 10.6 Å². The fourth-order valence-electron chi connectivity index (χ4n) is 2.95. The molecule has 0 bridgehead atoms. The smallest absolute Gasteiger partial charge is 0.234 e. The molecule has 1 atom stereocenters. The maximum absolute atomic E-state index is 14.0. The maximum Gasteiger partial charge on any atom is 0.234 e. The SMILES string of the molecule is COC[C@H](C)NC(=O)CN1CCc2nc(-c3ccccc3F)sc2C1. The molecule has 0 radical (unpaired) electrons. The molecule has 0 saturated carbocycles. The van der Waals surface area contributed by atoms with E-state index in [1.54, 1.807) is 19.2 Å². The number of methoxy groups -OCH3 is 1. The molecule has 0 spiro atoms. The number of aromatic nitrogens is 1. The minimum Gasteiger partial charge on any atom is -0.383 e. The standard InChI is InChI=1S/C18H22FN3O2S/c1-12(11-24-2)20-17(23)10-22-8-7-15-16(9-22)25-18(21-15)13-5-3-4-6-14(13)19/h3-6,12H,7-11H2,1-2H3,(H,20,23)/t12-/m0/s1. The molecule has 1 N–H and O–H groups in total. The van der Waals surface area contributed by atoms with Gasteiger partial charge in [0.1, 0.15) is 10.8 Å². The number of hydrogen-bond donors (Lipinski definition) is 1. The van der Waals surface area contributed by atoms with E-state index in [9.17, 15) is 9.18 Å². The predicted molar refractivity (Wildman–Crippen MR) is 96.0 cm³/mol. The van der Waals surface area contributed by atoms with E-state index in [1.807, 2.05) is 13.0 Å². The van der Waals surface area contributed by atoms with Gasteiger partial charge in [0.25, 0.3) is 0 Å². The number of amides is 1. The van der Waals surface area contributed by atoms with Crippen molar-refractivity contribution in [2.24, 2.45) is 0 Å². The van der Waals surface area contributed by atoms with Gasteiger partial charge in [-0.15, -0.1) is 11.3 Å². The Hall–Kier alpha value is -1.83. The summed E-state index contributed by atoms with van der Waals surface area (Å²) in [6.45, 7) is 4.21. The summed E-state index contributed by atoms with van der Waals surface area (Å²) >= 11 is 1.51. The van der Waals surface area contributed by atoms with Gasteiger partial charge in [0.05, 0.1) is 18.8 Å². The number of fused-ring (bicyclic) bond motifs is 1. The van der Waals surface area contributed by atoms with Gasteiger partial charge >= 0.3 is 0 Å². The molecule has 0 fully saturated rings. The zero-order chi connectivity index (χ0) is 17.8. The highest BCUT2D eigenvalue weighted by molar-refractivity contribution is 7.15. The monoisotopic (exact) mass is 363 g/mol. The number of thiazole rings is 1. The Balaban J connectivity index is 1.64. The van der Waals surface area contributed by atoms with Gasteiger partial charge in [-0.1, -0.05) is 12.1 Å². The van der Waals surface area contributed by atoms with Crippen molar-refractivity contribution < 1.29 is 13.9 Å². The van der Waals surface area contributed by atoms with Gasteiger partial charge in [-0.25, -0.2) is 9.37 Å². The molecule has 7 heteroatoms. The number of ether oxygens (including phenoxy) is 1. The number of nitrogens with zero attached hydrogens (tertiary/aromatic N) is 2. The first-order valence-electron chi connectivity index (χ1n) is 8.31. The van der Waals surface area contributed by atoms with Gasteiger partial charge in [0.2, 0.25) is 5.91 Å². The largest absolute Gasteiger partial charge is 0.383 e. The minimum absolute atomic E-state index is 0.00563. The Morgan fingerprint density at radius 1 is 1.48 bits per heavy atom. The van der Waals surface area contributed by atoms with Crippen molar-refractivity contribution in [3.63, 3.8) is 0 Å². The van der Waals surface area contributed by atoms with Crippen LogP contribution in [-0.2, 0) is 22.5 Å².